The SMILES string of the molecule is COc1ccc(CNc2nc(N3CCC(OC(N)=O)C3)c3ccc(N)cc3n2)c(OC)c1. The molecule has 32 heavy (non-hydrogen) atoms. The van der Waals surface area contributed by atoms with Crippen molar-refractivity contribution >= 4 is 34.4 Å². The van der Waals surface area contributed by atoms with E-state index in [9.17, 15) is 4.79 Å². The zero-order valence-electron chi connectivity index (χ0n) is 18.0. The van der Waals surface area contributed by atoms with Crippen molar-refractivity contribution in [1.82, 2.24) is 9.97 Å². The van der Waals surface area contributed by atoms with Crippen molar-refractivity contribution in [3.05, 3.63) is 42.0 Å². The number of ether oxygens (including phenoxy) is 3. The Morgan fingerprint density at radius 1 is 1.19 bits per heavy atom. The van der Waals surface area contributed by atoms with E-state index in [4.69, 9.17) is 30.7 Å². The summed E-state index contributed by atoms with van der Waals surface area (Å²) in [6.07, 6.45) is -0.367. The molecule has 1 aliphatic heterocycles. The third-order valence-electron chi connectivity index (χ3n) is 5.36. The maximum atomic E-state index is 11.1. The third-order valence-corrected chi connectivity index (χ3v) is 5.36. The van der Waals surface area contributed by atoms with Gasteiger partial charge in [-0.15, -0.1) is 0 Å². The number of anilines is 3. The molecule has 1 unspecified atom stereocenters. The zero-order valence-corrected chi connectivity index (χ0v) is 18.0. The first kappa shape index (κ1) is 21.3. The third kappa shape index (κ3) is 4.53. The molecule has 0 spiro atoms. The number of nitrogens with two attached hydrogens (primary N) is 2. The van der Waals surface area contributed by atoms with Crippen LogP contribution in [-0.2, 0) is 11.3 Å². The van der Waals surface area contributed by atoms with Crippen molar-refractivity contribution in [2.24, 2.45) is 5.73 Å². The van der Waals surface area contributed by atoms with Gasteiger partial charge in [0, 0.05) is 42.2 Å². The highest BCUT2D eigenvalue weighted by molar-refractivity contribution is 5.92. The molecule has 5 N–H and O–H groups in total. The Labute approximate surface area is 185 Å². The monoisotopic (exact) mass is 438 g/mol. The highest BCUT2D eigenvalue weighted by Crippen LogP contribution is 2.31. The van der Waals surface area contributed by atoms with Crippen molar-refractivity contribution in [3.8, 4) is 11.5 Å². The number of nitrogens with zero attached hydrogens (tertiary/aromatic N) is 3. The lowest BCUT2D eigenvalue weighted by molar-refractivity contribution is 0.117. The van der Waals surface area contributed by atoms with Crippen LogP contribution in [0.1, 0.15) is 12.0 Å². The predicted octanol–water partition coefficient (Wildman–Crippen LogP) is 2.52. The minimum atomic E-state index is -0.770. The highest BCUT2D eigenvalue weighted by atomic mass is 16.6. The van der Waals surface area contributed by atoms with Crippen LogP contribution in [0, 0.1) is 0 Å². The van der Waals surface area contributed by atoms with Gasteiger partial charge in [0.25, 0.3) is 0 Å². The number of amides is 1. The molecule has 1 aromatic heterocycles. The maximum absolute atomic E-state index is 11.1. The van der Waals surface area contributed by atoms with E-state index in [0.29, 0.717) is 49.2 Å². The van der Waals surface area contributed by atoms with Gasteiger partial charge in [0.2, 0.25) is 5.95 Å². The molecule has 1 atom stereocenters. The minimum absolute atomic E-state index is 0.272. The summed E-state index contributed by atoms with van der Waals surface area (Å²) in [4.78, 5) is 22.6. The van der Waals surface area contributed by atoms with Crippen molar-refractivity contribution < 1.29 is 19.0 Å². The lowest BCUT2D eigenvalue weighted by Gasteiger charge is -2.20. The van der Waals surface area contributed by atoms with Crippen LogP contribution in [-0.4, -0.2) is 49.5 Å². The summed E-state index contributed by atoms with van der Waals surface area (Å²) in [7, 11) is 3.23. The number of primary amides is 1. The summed E-state index contributed by atoms with van der Waals surface area (Å²) in [5.74, 6) is 2.62. The standard InChI is InChI=1S/C22H26N6O4/c1-30-15-5-3-13(19(10-15)31-2)11-25-22-26-18-9-14(23)4-6-17(18)20(27-22)28-8-7-16(12-28)32-21(24)29/h3-6,9-10,16H,7-8,11-12,23H2,1-2H3,(H2,24,29)(H,25,26,27). The summed E-state index contributed by atoms with van der Waals surface area (Å²) >= 11 is 0. The molecule has 0 saturated carbocycles. The molecule has 0 radical (unpaired) electrons. The fraction of sp³-hybridized carbons (Fsp3) is 0.318. The van der Waals surface area contributed by atoms with Crippen LogP contribution in [0.2, 0.25) is 0 Å². The van der Waals surface area contributed by atoms with Crippen LogP contribution in [0.15, 0.2) is 36.4 Å². The Kier molecular flexibility index (Phi) is 6.02. The van der Waals surface area contributed by atoms with E-state index < -0.39 is 6.09 Å². The quantitative estimate of drug-likeness (QED) is 0.475. The van der Waals surface area contributed by atoms with Crippen LogP contribution in [0.3, 0.4) is 0 Å². The van der Waals surface area contributed by atoms with Crippen LogP contribution >= 0.6 is 0 Å². The van der Waals surface area contributed by atoms with Gasteiger partial charge in [-0.3, -0.25) is 0 Å². The largest absolute Gasteiger partial charge is 0.497 e. The van der Waals surface area contributed by atoms with Gasteiger partial charge in [-0.25, -0.2) is 9.78 Å². The van der Waals surface area contributed by atoms with Crippen molar-refractivity contribution in [3.63, 3.8) is 0 Å². The molecule has 1 amide bonds. The average Bonchev–Trinajstić information content (AvgIpc) is 3.24. The summed E-state index contributed by atoms with van der Waals surface area (Å²) < 4.78 is 15.9. The van der Waals surface area contributed by atoms with Crippen molar-refractivity contribution in [1.29, 1.82) is 0 Å². The second-order valence-corrected chi connectivity index (χ2v) is 7.47. The molecule has 3 aromatic rings. The molecule has 0 bridgehead atoms. The average molecular weight is 438 g/mol. The minimum Gasteiger partial charge on any atom is -0.497 e. The van der Waals surface area contributed by atoms with Gasteiger partial charge in [-0.2, -0.15) is 4.98 Å². The number of benzene rings is 2. The molecule has 10 nitrogen and oxygen atoms in total. The number of methoxy groups -OCH3 is 2. The number of hydrogen-bond acceptors (Lipinski definition) is 9. The molecule has 168 valence electrons. The maximum Gasteiger partial charge on any atom is 0.404 e. The van der Waals surface area contributed by atoms with E-state index >= 15 is 0 Å². The molecule has 2 aromatic carbocycles. The summed E-state index contributed by atoms with van der Waals surface area (Å²) in [5, 5.41) is 4.14. The van der Waals surface area contributed by atoms with Gasteiger partial charge >= 0.3 is 6.09 Å². The Hall–Kier alpha value is -3.95. The number of fused-ring (bicyclic) bond motifs is 1. The normalized spacial score (nSPS) is 15.6. The Bertz CT molecular complexity index is 1140. The highest BCUT2D eigenvalue weighted by Gasteiger charge is 2.27. The van der Waals surface area contributed by atoms with E-state index in [-0.39, 0.29) is 6.10 Å². The van der Waals surface area contributed by atoms with E-state index in [1.54, 1.807) is 14.2 Å². The van der Waals surface area contributed by atoms with E-state index in [1.807, 2.05) is 36.4 Å². The van der Waals surface area contributed by atoms with E-state index in [0.717, 1.165) is 22.3 Å². The summed E-state index contributed by atoms with van der Waals surface area (Å²) in [5.41, 5.74) is 13.4. The first-order valence-corrected chi connectivity index (χ1v) is 10.2. The fourth-order valence-electron chi connectivity index (χ4n) is 3.80. The number of nitrogen functional groups attached to an aromatic ring is 1. The smallest absolute Gasteiger partial charge is 0.404 e. The van der Waals surface area contributed by atoms with Gasteiger partial charge in [-0.05, 0) is 30.3 Å². The van der Waals surface area contributed by atoms with Gasteiger partial charge < -0.3 is 35.9 Å². The molecule has 1 saturated heterocycles. The molecule has 1 fully saturated rings. The lowest BCUT2D eigenvalue weighted by Crippen LogP contribution is -2.27. The van der Waals surface area contributed by atoms with Crippen molar-refractivity contribution in [2.75, 3.05) is 43.3 Å². The summed E-state index contributed by atoms with van der Waals surface area (Å²) in [6.45, 7) is 1.64. The number of nitrogens with one attached hydrogen (secondary N) is 1. The second-order valence-electron chi connectivity index (χ2n) is 7.47. The van der Waals surface area contributed by atoms with Crippen molar-refractivity contribution in [2.45, 2.75) is 19.1 Å². The molecular weight excluding hydrogens is 412 g/mol. The van der Waals surface area contributed by atoms with Gasteiger partial charge in [-0.1, -0.05) is 0 Å². The first-order chi connectivity index (χ1) is 15.5. The molecule has 1 aliphatic rings. The van der Waals surface area contributed by atoms with Crippen LogP contribution in [0.25, 0.3) is 10.9 Å². The Morgan fingerprint density at radius 3 is 2.78 bits per heavy atom. The number of aromatic nitrogens is 2. The molecular formula is C22H26N6O4. The molecule has 0 aliphatic carbocycles. The summed E-state index contributed by atoms with van der Waals surface area (Å²) in [6, 6.07) is 11.2. The first-order valence-electron chi connectivity index (χ1n) is 10.2. The second kappa shape index (κ2) is 9.04. The molecule has 4 rings (SSSR count). The van der Waals surface area contributed by atoms with E-state index in [2.05, 4.69) is 15.2 Å². The zero-order chi connectivity index (χ0) is 22.7. The van der Waals surface area contributed by atoms with E-state index in [1.165, 1.54) is 0 Å². The number of carbonyl (C=O) groups excluding carboxylic acids is 1. The molecule has 2 heterocycles. The number of carbonyl (C=O) groups is 1. The predicted molar refractivity (Wildman–Crippen MR) is 122 cm³/mol. The van der Waals surface area contributed by atoms with Crippen LogP contribution in [0.4, 0.5) is 22.2 Å². The van der Waals surface area contributed by atoms with Crippen LogP contribution < -0.4 is 31.2 Å². The van der Waals surface area contributed by atoms with Gasteiger partial charge in [0.05, 0.1) is 26.3 Å². The number of hydrogen-bond donors (Lipinski definition) is 3. The Balaban J connectivity index is 1.62. The molecule has 10 heteroatoms. The van der Waals surface area contributed by atoms with Gasteiger partial charge in [0.1, 0.15) is 23.4 Å². The topological polar surface area (TPSA) is 138 Å². The number of rotatable bonds is 7. The van der Waals surface area contributed by atoms with Gasteiger partial charge in [0.15, 0.2) is 0 Å². The Morgan fingerprint density at radius 2 is 2.03 bits per heavy atom. The lowest BCUT2D eigenvalue weighted by atomic mass is 10.2. The fourth-order valence-corrected chi connectivity index (χ4v) is 3.80. The van der Waals surface area contributed by atoms with Crippen LogP contribution in [0.5, 0.6) is 11.5 Å².